The smallest absolute Gasteiger partial charge is 0.258 e. The Morgan fingerprint density at radius 3 is 2.78 bits per heavy atom. The van der Waals surface area contributed by atoms with Crippen LogP contribution in [0.25, 0.3) is 0 Å². The van der Waals surface area contributed by atoms with Crippen molar-refractivity contribution in [3.05, 3.63) is 53.3 Å². The van der Waals surface area contributed by atoms with Crippen LogP contribution in [0, 0.1) is 0 Å². The van der Waals surface area contributed by atoms with Crippen molar-refractivity contribution >= 4 is 27.5 Å². The number of benzene rings is 1. The van der Waals surface area contributed by atoms with E-state index in [4.69, 9.17) is 16.3 Å². The Kier molecular flexibility index (Phi) is 8.02. The fourth-order valence-electron chi connectivity index (χ4n) is 2.13. The van der Waals surface area contributed by atoms with Gasteiger partial charge >= 0.3 is 0 Å². The van der Waals surface area contributed by atoms with Gasteiger partial charge in [-0.25, -0.2) is 13.1 Å². The number of hydrogen-bond acceptors (Lipinski definition) is 5. The van der Waals surface area contributed by atoms with Crippen molar-refractivity contribution in [2.24, 2.45) is 0 Å². The molecule has 0 saturated heterocycles. The van der Waals surface area contributed by atoms with E-state index in [1.165, 1.54) is 18.2 Å². The van der Waals surface area contributed by atoms with Crippen molar-refractivity contribution in [1.82, 2.24) is 15.0 Å². The van der Waals surface area contributed by atoms with E-state index in [1.54, 1.807) is 18.5 Å². The van der Waals surface area contributed by atoms with Crippen LogP contribution in [-0.2, 0) is 21.4 Å². The van der Waals surface area contributed by atoms with Gasteiger partial charge in [0.15, 0.2) is 6.61 Å². The Morgan fingerprint density at radius 1 is 1.30 bits per heavy atom. The minimum Gasteiger partial charge on any atom is -0.482 e. The molecule has 0 aliphatic heterocycles. The Morgan fingerprint density at radius 2 is 2.11 bits per heavy atom. The van der Waals surface area contributed by atoms with Crippen molar-refractivity contribution in [1.29, 1.82) is 0 Å². The predicted molar refractivity (Wildman–Crippen MR) is 103 cm³/mol. The number of carbonyl (C=O) groups is 1. The summed E-state index contributed by atoms with van der Waals surface area (Å²) < 4.78 is 32.2. The monoisotopic (exact) mass is 411 g/mol. The van der Waals surface area contributed by atoms with Crippen LogP contribution in [0.4, 0.5) is 0 Å². The molecule has 1 heterocycles. The molecule has 0 radical (unpaired) electrons. The number of nitrogens with one attached hydrogen (secondary N) is 2. The number of unbranched alkanes of at least 4 members (excludes halogenated alkanes) is 1. The molecule has 1 aromatic carbocycles. The highest BCUT2D eigenvalue weighted by Gasteiger charge is 2.16. The van der Waals surface area contributed by atoms with E-state index in [1.807, 2.05) is 13.0 Å². The molecule has 0 unspecified atom stereocenters. The fourth-order valence-corrected chi connectivity index (χ4v) is 3.53. The molecule has 7 nitrogen and oxygen atoms in total. The molecule has 2 rings (SSSR count). The molecule has 0 aliphatic rings. The number of pyridine rings is 1. The number of ether oxygens (including phenoxy) is 1. The first-order valence-corrected chi connectivity index (χ1v) is 10.4. The van der Waals surface area contributed by atoms with E-state index in [0.717, 1.165) is 18.4 Å². The van der Waals surface area contributed by atoms with Gasteiger partial charge in [0.05, 0.1) is 9.92 Å². The highest BCUT2D eigenvalue weighted by molar-refractivity contribution is 7.89. The molecule has 1 amide bonds. The number of amides is 1. The molecule has 2 N–H and O–H groups in total. The molecule has 0 aliphatic carbocycles. The Balaban J connectivity index is 1.89. The quantitative estimate of drug-likeness (QED) is 0.585. The highest BCUT2D eigenvalue weighted by atomic mass is 35.5. The standard InChI is InChI=1S/C18H22ClN3O4S/c1-2-3-9-22-27(24,25)15-6-7-17(16(19)10-15)26-13-18(23)21-12-14-5-4-8-20-11-14/h4-8,10-11,22H,2-3,9,12-13H2,1H3,(H,21,23). The number of hydrogen-bond donors (Lipinski definition) is 2. The molecule has 9 heteroatoms. The second kappa shape index (κ2) is 10.2. The summed E-state index contributed by atoms with van der Waals surface area (Å²) in [4.78, 5) is 15.9. The zero-order valence-electron chi connectivity index (χ0n) is 14.9. The van der Waals surface area contributed by atoms with Gasteiger partial charge in [0.2, 0.25) is 10.0 Å². The fraction of sp³-hybridized carbons (Fsp3) is 0.333. The van der Waals surface area contributed by atoms with Crippen LogP contribution < -0.4 is 14.8 Å². The van der Waals surface area contributed by atoms with Crippen LogP contribution in [0.5, 0.6) is 5.75 Å². The van der Waals surface area contributed by atoms with E-state index >= 15 is 0 Å². The van der Waals surface area contributed by atoms with Crippen molar-refractivity contribution in [3.63, 3.8) is 0 Å². The van der Waals surface area contributed by atoms with Crippen LogP contribution in [0.3, 0.4) is 0 Å². The molecule has 0 saturated carbocycles. The van der Waals surface area contributed by atoms with E-state index in [9.17, 15) is 13.2 Å². The number of halogens is 1. The lowest BCUT2D eigenvalue weighted by Gasteiger charge is -2.11. The normalized spacial score (nSPS) is 11.2. The van der Waals surface area contributed by atoms with Crippen molar-refractivity contribution in [3.8, 4) is 5.75 Å². The lowest BCUT2D eigenvalue weighted by atomic mass is 10.3. The summed E-state index contributed by atoms with van der Waals surface area (Å²) in [5.41, 5.74) is 0.869. The van der Waals surface area contributed by atoms with Gasteiger partial charge in [0.1, 0.15) is 5.75 Å². The minimum absolute atomic E-state index is 0.0528. The molecular formula is C18H22ClN3O4S. The van der Waals surface area contributed by atoms with Gasteiger partial charge in [0, 0.05) is 25.5 Å². The maximum absolute atomic E-state index is 12.2. The third-order valence-corrected chi connectivity index (χ3v) is 5.36. The molecule has 2 aromatic rings. The number of nitrogens with zero attached hydrogens (tertiary/aromatic N) is 1. The molecule has 27 heavy (non-hydrogen) atoms. The van der Waals surface area contributed by atoms with E-state index in [-0.39, 0.29) is 28.2 Å². The van der Waals surface area contributed by atoms with Crippen LogP contribution in [0.1, 0.15) is 25.3 Å². The average molecular weight is 412 g/mol. The van der Waals surface area contributed by atoms with Gasteiger partial charge in [-0.3, -0.25) is 9.78 Å². The van der Waals surface area contributed by atoms with E-state index in [0.29, 0.717) is 13.1 Å². The van der Waals surface area contributed by atoms with Crippen LogP contribution in [-0.4, -0.2) is 32.5 Å². The first-order chi connectivity index (χ1) is 12.9. The third-order valence-electron chi connectivity index (χ3n) is 3.61. The Bertz CT molecular complexity index is 860. The van der Waals surface area contributed by atoms with Gasteiger partial charge in [-0.1, -0.05) is 31.0 Å². The Labute approximate surface area is 164 Å². The lowest BCUT2D eigenvalue weighted by Crippen LogP contribution is -2.28. The molecule has 0 fully saturated rings. The van der Waals surface area contributed by atoms with Gasteiger partial charge in [-0.2, -0.15) is 0 Å². The molecule has 1 aromatic heterocycles. The number of sulfonamides is 1. The first kappa shape index (κ1) is 21.1. The topological polar surface area (TPSA) is 97.4 Å². The summed E-state index contributed by atoms with van der Waals surface area (Å²) in [6, 6.07) is 7.76. The van der Waals surface area contributed by atoms with Crippen molar-refractivity contribution in [2.75, 3.05) is 13.2 Å². The van der Waals surface area contributed by atoms with E-state index in [2.05, 4.69) is 15.0 Å². The summed E-state index contributed by atoms with van der Waals surface area (Å²) in [6.07, 6.45) is 4.95. The molecular weight excluding hydrogens is 390 g/mol. The summed E-state index contributed by atoms with van der Waals surface area (Å²) in [5, 5.41) is 2.82. The zero-order chi connectivity index (χ0) is 19.7. The molecule has 0 bridgehead atoms. The van der Waals surface area contributed by atoms with Crippen LogP contribution in [0.2, 0.25) is 5.02 Å². The summed E-state index contributed by atoms with van der Waals surface area (Å²) in [7, 11) is -3.62. The molecule has 146 valence electrons. The molecule has 0 atom stereocenters. The second-order valence-corrected chi connectivity index (χ2v) is 7.94. The number of carbonyl (C=O) groups excluding carboxylic acids is 1. The number of rotatable bonds is 10. The largest absolute Gasteiger partial charge is 0.482 e. The third kappa shape index (κ3) is 6.82. The summed E-state index contributed by atoms with van der Waals surface area (Å²) in [5.74, 6) is -0.0893. The maximum Gasteiger partial charge on any atom is 0.258 e. The second-order valence-electron chi connectivity index (χ2n) is 5.77. The first-order valence-electron chi connectivity index (χ1n) is 8.50. The lowest BCUT2D eigenvalue weighted by molar-refractivity contribution is -0.123. The zero-order valence-corrected chi connectivity index (χ0v) is 16.5. The summed E-state index contributed by atoms with van der Waals surface area (Å²) >= 11 is 6.10. The maximum atomic E-state index is 12.2. The summed E-state index contributed by atoms with van der Waals surface area (Å²) in [6.45, 7) is 2.45. The van der Waals surface area contributed by atoms with Gasteiger partial charge < -0.3 is 10.1 Å². The SMILES string of the molecule is CCCCNS(=O)(=O)c1ccc(OCC(=O)NCc2cccnc2)c(Cl)c1. The highest BCUT2D eigenvalue weighted by Crippen LogP contribution is 2.27. The van der Waals surface area contributed by atoms with Gasteiger partial charge in [-0.05, 0) is 36.2 Å². The predicted octanol–water partition coefficient (Wildman–Crippen LogP) is 2.51. The van der Waals surface area contributed by atoms with Gasteiger partial charge in [0.25, 0.3) is 5.91 Å². The minimum atomic E-state index is -3.62. The van der Waals surface area contributed by atoms with Crippen molar-refractivity contribution < 1.29 is 17.9 Å². The van der Waals surface area contributed by atoms with E-state index < -0.39 is 10.0 Å². The van der Waals surface area contributed by atoms with Crippen LogP contribution >= 0.6 is 11.6 Å². The van der Waals surface area contributed by atoms with Crippen molar-refractivity contribution in [2.45, 2.75) is 31.2 Å². The number of aromatic nitrogens is 1. The van der Waals surface area contributed by atoms with Gasteiger partial charge in [-0.15, -0.1) is 0 Å². The Hall–Kier alpha value is -2.16. The van der Waals surface area contributed by atoms with Crippen LogP contribution in [0.15, 0.2) is 47.6 Å². The molecule has 0 spiro atoms. The average Bonchev–Trinajstić information content (AvgIpc) is 2.66.